The first-order valence-corrected chi connectivity index (χ1v) is 13.2. The fraction of sp³-hybridized carbons (Fsp3) is 0.759. The van der Waals surface area contributed by atoms with Crippen molar-refractivity contribution >= 4 is 5.97 Å². The minimum atomic E-state index is -1.65. The zero-order chi connectivity index (χ0) is 25.1. The molecule has 0 amide bonds. The van der Waals surface area contributed by atoms with Crippen LogP contribution in [0.25, 0.3) is 0 Å². The van der Waals surface area contributed by atoms with E-state index in [0.717, 1.165) is 36.8 Å². The van der Waals surface area contributed by atoms with Gasteiger partial charge < -0.3 is 14.9 Å². The molecule has 192 valence electrons. The Morgan fingerprint density at radius 1 is 1.29 bits per heavy atom. The molecule has 0 bridgehead atoms. The van der Waals surface area contributed by atoms with Crippen molar-refractivity contribution in [3.8, 4) is 0 Å². The van der Waals surface area contributed by atoms with Gasteiger partial charge in [0, 0.05) is 12.8 Å². The van der Waals surface area contributed by atoms with Crippen LogP contribution in [0.5, 0.6) is 0 Å². The Morgan fingerprint density at radius 2 is 2.03 bits per heavy atom. The second-order valence-corrected chi connectivity index (χ2v) is 12.0. The van der Waals surface area contributed by atoms with Gasteiger partial charge in [0.15, 0.2) is 6.67 Å². The van der Waals surface area contributed by atoms with Gasteiger partial charge in [-0.2, -0.15) is 0 Å². The van der Waals surface area contributed by atoms with E-state index in [2.05, 4.69) is 32.6 Å². The molecule has 0 aromatic rings. The number of carbonyl (C=O) groups excluding carboxylic acids is 1. The molecule has 3 rings (SSSR count). The molecule has 5 atom stereocenters. The van der Waals surface area contributed by atoms with Gasteiger partial charge in [0.1, 0.15) is 0 Å². The number of rotatable bonds is 8. The normalized spacial score (nSPS) is 35.4. The van der Waals surface area contributed by atoms with Crippen molar-refractivity contribution in [1.82, 2.24) is 0 Å². The van der Waals surface area contributed by atoms with Crippen LogP contribution in [0.2, 0.25) is 0 Å². The largest absolute Gasteiger partial charge is 0.431 e. The summed E-state index contributed by atoms with van der Waals surface area (Å²) in [5, 5.41) is 20.7. The second-order valence-electron chi connectivity index (χ2n) is 12.0. The molecule has 2 N–H and O–H groups in total. The molecular weight excluding hydrogens is 431 g/mol. The fourth-order valence-electron chi connectivity index (χ4n) is 7.00. The number of esters is 1. The highest BCUT2D eigenvalue weighted by Gasteiger charge is 2.50. The van der Waals surface area contributed by atoms with Crippen LogP contribution in [0.15, 0.2) is 35.5 Å². The van der Waals surface area contributed by atoms with Gasteiger partial charge in [-0.1, -0.05) is 56.6 Å². The number of ether oxygens (including phenoxy) is 1. The van der Waals surface area contributed by atoms with Crippen LogP contribution >= 0.6 is 0 Å². The summed E-state index contributed by atoms with van der Waals surface area (Å²) in [6, 6.07) is 0. The third-order valence-corrected chi connectivity index (χ3v) is 8.82. The minimum Gasteiger partial charge on any atom is -0.431 e. The van der Waals surface area contributed by atoms with E-state index in [1.165, 1.54) is 31.3 Å². The lowest BCUT2D eigenvalue weighted by Crippen LogP contribution is -2.38. The van der Waals surface area contributed by atoms with Crippen LogP contribution in [-0.4, -0.2) is 34.2 Å². The van der Waals surface area contributed by atoms with Crippen molar-refractivity contribution in [3.63, 3.8) is 0 Å². The van der Waals surface area contributed by atoms with Crippen molar-refractivity contribution < 1.29 is 24.1 Å². The summed E-state index contributed by atoms with van der Waals surface area (Å²) in [7, 11) is 0. The highest BCUT2D eigenvalue weighted by molar-refractivity contribution is 5.71. The summed E-state index contributed by atoms with van der Waals surface area (Å²) in [4.78, 5) is 11.4. The molecule has 3 aliphatic rings. The molecule has 0 spiro atoms. The molecular formula is C29H45FO4. The van der Waals surface area contributed by atoms with Crippen molar-refractivity contribution in [1.29, 1.82) is 0 Å². The number of alkyl halides is 1. The second kappa shape index (κ2) is 10.7. The number of hydrogen-bond donors (Lipinski definition) is 2. The van der Waals surface area contributed by atoms with Gasteiger partial charge in [-0.3, -0.25) is 0 Å². The quantitative estimate of drug-likeness (QED) is 0.307. The van der Waals surface area contributed by atoms with Gasteiger partial charge in [-0.15, -0.1) is 0 Å². The molecule has 3 aliphatic carbocycles. The van der Waals surface area contributed by atoms with E-state index < -0.39 is 24.0 Å². The predicted octanol–water partition coefficient (Wildman–Crippen LogP) is 6.57. The lowest BCUT2D eigenvalue weighted by Gasteiger charge is -2.44. The van der Waals surface area contributed by atoms with Gasteiger partial charge >= 0.3 is 5.97 Å². The number of carbonyl (C=O) groups is 1. The van der Waals surface area contributed by atoms with E-state index in [1.807, 2.05) is 13.8 Å². The van der Waals surface area contributed by atoms with Gasteiger partial charge in [-0.05, 0) is 87.5 Å². The molecule has 0 aromatic carbocycles. The first kappa shape index (κ1) is 27.1. The lowest BCUT2D eigenvalue weighted by atomic mass is 9.60. The molecule has 34 heavy (non-hydrogen) atoms. The number of hydrogen-bond acceptors (Lipinski definition) is 4. The third kappa shape index (κ3) is 6.40. The van der Waals surface area contributed by atoms with E-state index >= 15 is 0 Å². The molecule has 0 saturated heterocycles. The summed E-state index contributed by atoms with van der Waals surface area (Å²) < 4.78 is 17.6. The van der Waals surface area contributed by atoms with Crippen LogP contribution in [0.3, 0.4) is 0 Å². The van der Waals surface area contributed by atoms with Crippen LogP contribution < -0.4 is 0 Å². The molecule has 5 heteroatoms. The van der Waals surface area contributed by atoms with Crippen molar-refractivity contribution in [2.45, 2.75) is 110 Å². The zero-order valence-corrected chi connectivity index (χ0v) is 21.7. The first-order valence-electron chi connectivity index (χ1n) is 13.2. The average molecular weight is 477 g/mol. The molecule has 0 radical (unpaired) electrons. The van der Waals surface area contributed by atoms with Crippen molar-refractivity contribution in [3.05, 3.63) is 35.5 Å². The monoisotopic (exact) mass is 476 g/mol. The highest BCUT2D eigenvalue weighted by atomic mass is 19.1. The molecule has 3 saturated carbocycles. The molecule has 0 aliphatic heterocycles. The van der Waals surface area contributed by atoms with Crippen LogP contribution in [0.4, 0.5) is 4.39 Å². The Labute approximate surface area is 205 Å². The van der Waals surface area contributed by atoms with E-state index in [-0.39, 0.29) is 12.8 Å². The fourth-order valence-corrected chi connectivity index (χ4v) is 7.00. The van der Waals surface area contributed by atoms with Crippen LogP contribution in [-0.2, 0) is 9.53 Å². The van der Waals surface area contributed by atoms with E-state index in [9.17, 15) is 19.4 Å². The number of halogens is 1. The van der Waals surface area contributed by atoms with Crippen molar-refractivity contribution in [2.75, 3.05) is 6.67 Å². The molecule has 3 fully saturated rings. The maximum Gasteiger partial charge on any atom is 0.340 e. The number of allylic oxidation sites excluding steroid dienone is 4. The van der Waals surface area contributed by atoms with E-state index in [4.69, 9.17) is 4.74 Å². The first-order chi connectivity index (χ1) is 15.9. The topological polar surface area (TPSA) is 66.8 Å². The third-order valence-electron chi connectivity index (χ3n) is 8.82. The van der Waals surface area contributed by atoms with Crippen LogP contribution in [0, 0.1) is 23.2 Å². The smallest absolute Gasteiger partial charge is 0.340 e. The van der Waals surface area contributed by atoms with E-state index in [1.54, 1.807) is 0 Å². The number of aliphatic hydroxyl groups is 2. The van der Waals surface area contributed by atoms with Gasteiger partial charge in [0.25, 0.3) is 0 Å². The summed E-state index contributed by atoms with van der Waals surface area (Å²) in [5.74, 6) is -0.754. The molecule has 4 nitrogen and oxygen atoms in total. The number of fused-ring (bicyclic) bond motifs is 1. The Balaban J connectivity index is 1.71. The Bertz CT molecular complexity index is 822. The summed E-state index contributed by atoms with van der Waals surface area (Å²) in [6.07, 6.45) is 14.3. The maximum absolute atomic E-state index is 12.6. The average Bonchev–Trinajstić information content (AvgIpc) is 3.11. The predicted molar refractivity (Wildman–Crippen MR) is 134 cm³/mol. The summed E-state index contributed by atoms with van der Waals surface area (Å²) in [6.45, 7) is 11.6. The van der Waals surface area contributed by atoms with Gasteiger partial charge in [0.2, 0.25) is 5.79 Å². The zero-order valence-electron chi connectivity index (χ0n) is 21.7. The Kier molecular flexibility index (Phi) is 8.50. The van der Waals surface area contributed by atoms with Gasteiger partial charge in [0.05, 0.1) is 5.60 Å². The minimum absolute atomic E-state index is 0.157. The lowest BCUT2D eigenvalue weighted by molar-refractivity contribution is -0.213. The summed E-state index contributed by atoms with van der Waals surface area (Å²) >= 11 is 0. The molecule has 0 aromatic heterocycles. The van der Waals surface area contributed by atoms with Gasteiger partial charge in [-0.25, -0.2) is 9.18 Å². The van der Waals surface area contributed by atoms with Crippen LogP contribution in [0.1, 0.15) is 98.3 Å². The standard InChI is InChI=1S/C29H45FO4/c1-20-14-17-29(33,34-26(31)19-30)18-23(20)11-10-22-9-7-16-28(5)24(12-13-25(22)28)21(2)8-6-15-27(3,4)32/h10-11,21,24-25,32-33H,1,6-9,12-19H2,2-5H3/t21-,24-,25?,28-,29-/m1/s1. The Morgan fingerprint density at radius 3 is 2.71 bits per heavy atom. The van der Waals surface area contributed by atoms with Crippen molar-refractivity contribution in [2.24, 2.45) is 23.2 Å². The summed E-state index contributed by atoms with van der Waals surface area (Å²) in [5.41, 5.74) is 3.03. The SMILES string of the molecule is C=C1CC[C@@](O)(OC(=O)CF)CC1=CC=C1CCC[C@@]2(C)C1CC[C@@H]2[C@H](C)CCCC(C)(C)O. The molecule has 1 unspecified atom stereocenters. The highest BCUT2D eigenvalue weighted by Crippen LogP contribution is 2.60. The maximum atomic E-state index is 12.6. The Hall–Kier alpha value is -1.46. The molecule has 0 heterocycles. The van der Waals surface area contributed by atoms with E-state index in [0.29, 0.717) is 29.6 Å².